The molecule has 1 rings (SSSR count). The average molecular weight is 228 g/mol. The van der Waals surface area contributed by atoms with E-state index in [9.17, 15) is 12.8 Å². The van der Waals surface area contributed by atoms with Gasteiger partial charge in [0, 0.05) is 0 Å². The van der Waals surface area contributed by atoms with Crippen LogP contribution in [-0.4, -0.2) is 14.2 Å². The number of hydrogen-bond acceptors (Lipinski definition) is 3. The fourth-order valence-electron chi connectivity index (χ4n) is 0.957. The van der Waals surface area contributed by atoms with Crippen LogP contribution in [0.4, 0.5) is 10.1 Å². The number of anilines is 1. The van der Waals surface area contributed by atoms with Gasteiger partial charge in [-0.15, -0.1) is 0 Å². The molecule has 80 valence electrons. The molecule has 1 N–H and O–H groups in total. The van der Waals surface area contributed by atoms with E-state index in [0.717, 1.165) is 6.07 Å². The van der Waals surface area contributed by atoms with Crippen molar-refractivity contribution in [3.8, 4) is 6.07 Å². The molecular weight excluding hydrogens is 219 g/mol. The Kier molecular flexibility index (Phi) is 3.27. The molecule has 6 heteroatoms. The maximum Gasteiger partial charge on any atom is 0.246 e. The normalized spacial score (nSPS) is 10.7. The van der Waals surface area contributed by atoms with Crippen molar-refractivity contribution in [1.29, 1.82) is 5.26 Å². The second-order valence-electron chi connectivity index (χ2n) is 2.98. The number of aryl methyl sites for hydroxylation is 1. The van der Waals surface area contributed by atoms with E-state index in [2.05, 4.69) is 4.72 Å². The first kappa shape index (κ1) is 11.5. The highest BCUT2D eigenvalue weighted by Gasteiger charge is 2.10. The van der Waals surface area contributed by atoms with Gasteiger partial charge in [-0.3, -0.25) is 4.72 Å². The highest BCUT2D eigenvalue weighted by atomic mass is 32.2. The molecule has 4 nitrogen and oxygen atoms in total. The monoisotopic (exact) mass is 228 g/mol. The number of sulfonamides is 1. The predicted octanol–water partition coefficient (Wildman–Crippen LogP) is 1.40. The third-order valence-corrected chi connectivity index (χ3v) is 2.76. The lowest BCUT2D eigenvalue weighted by Crippen LogP contribution is -2.15. The van der Waals surface area contributed by atoms with Crippen molar-refractivity contribution < 1.29 is 12.8 Å². The summed E-state index contributed by atoms with van der Waals surface area (Å²) < 4.78 is 37.4. The molecule has 0 aliphatic rings. The fraction of sp³-hybridized carbons (Fsp3) is 0.222. The Morgan fingerprint density at radius 2 is 2.20 bits per heavy atom. The third kappa shape index (κ3) is 3.22. The van der Waals surface area contributed by atoms with E-state index in [0.29, 0.717) is 5.56 Å². The van der Waals surface area contributed by atoms with Crippen LogP contribution in [0.5, 0.6) is 0 Å². The first-order chi connectivity index (χ1) is 6.94. The Labute approximate surface area is 87.4 Å². The smallest absolute Gasteiger partial charge is 0.246 e. The van der Waals surface area contributed by atoms with Crippen molar-refractivity contribution in [2.45, 2.75) is 6.92 Å². The van der Waals surface area contributed by atoms with Gasteiger partial charge < -0.3 is 0 Å². The molecule has 0 bridgehead atoms. The van der Waals surface area contributed by atoms with Crippen LogP contribution in [0.2, 0.25) is 0 Å². The molecule has 0 atom stereocenters. The van der Waals surface area contributed by atoms with Gasteiger partial charge in [-0.1, -0.05) is 6.07 Å². The quantitative estimate of drug-likeness (QED) is 0.850. The molecule has 0 spiro atoms. The molecule has 0 aliphatic carbocycles. The molecule has 0 radical (unpaired) electrons. The van der Waals surface area contributed by atoms with Crippen LogP contribution in [0.3, 0.4) is 0 Å². The number of rotatable bonds is 3. The Bertz CT molecular complexity index is 505. The molecule has 0 saturated carbocycles. The lowest BCUT2D eigenvalue weighted by atomic mass is 10.2. The minimum absolute atomic E-state index is 0.119. The molecule has 0 saturated heterocycles. The summed E-state index contributed by atoms with van der Waals surface area (Å²) in [6, 6.07) is 5.48. The Morgan fingerprint density at radius 1 is 1.53 bits per heavy atom. The fourth-order valence-corrected chi connectivity index (χ4v) is 1.69. The van der Waals surface area contributed by atoms with Crippen LogP contribution in [0.1, 0.15) is 5.56 Å². The Balaban J connectivity index is 2.92. The topological polar surface area (TPSA) is 70.0 Å². The summed E-state index contributed by atoms with van der Waals surface area (Å²) in [5.41, 5.74) is 0.548. The van der Waals surface area contributed by atoms with Gasteiger partial charge in [-0.25, -0.2) is 12.8 Å². The molecule has 1 aromatic carbocycles. The van der Waals surface area contributed by atoms with Crippen LogP contribution in [0, 0.1) is 24.1 Å². The van der Waals surface area contributed by atoms with Crippen molar-refractivity contribution in [2.75, 3.05) is 10.5 Å². The summed E-state index contributed by atoms with van der Waals surface area (Å²) in [7, 11) is -3.69. The second-order valence-corrected chi connectivity index (χ2v) is 4.71. The van der Waals surface area contributed by atoms with Crippen LogP contribution in [-0.2, 0) is 10.0 Å². The molecule has 0 fully saturated rings. The summed E-state index contributed by atoms with van der Waals surface area (Å²) in [6.07, 6.45) is 0. The van der Waals surface area contributed by atoms with E-state index in [1.807, 2.05) is 0 Å². The molecule has 0 amide bonds. The molecular formula is C9H9FN2O2S. The largest absolute Gasteiger partial charge is 0.283 e. The summed E-state index contributed by atoms with van der Waals surface area (Å²) in [5.74, 6) is -1.14. The van der Waals surface area contributed by atoms with Gasteiger partial charge in [0.2, 0.25) is 10.0 Å². The maximum absolute atomic E-state index is 13.0. The van der Waals surface area contributed by atoms with Gasteiger partial charge in [0.15, 0.2) is 5.75 Å². The molecule has 1 aromatic rings. The number of benzene rings is 1. The van der Waals surface area contributed by atoms with Crippen molar-refractivity contribution >= 4 is 15.7 Å². The number of nitrogens with one attached hydrogen (secondary N) is 1. The van der Waals surface area contributed by atoms with Crippen LogP contribution < -0.4 is 4.72 Å². The third-order valence-electron chi connectivity index (χ3n) is 1.70. The Hall–Kier alpha value is -1.61. The highest BCUT2D eigenvalue weighted by molar-refractivity contribution is 7.92. The molecule has 0 aliphatic heterocycles. The standard InChI is InChI=1S/C9H9FN2O2S/c1-7-2-3-8(6-9(7)10)12-15(13,14)5-4-11/h2-3,6,12H,5H2,1H3. The SMILES string of the molecule is Cc1ccc(NS(=O)(=O)CC#N)cc1F. The number of nitriles is 1. The number of nitrogens with zero attached hydrogens (tertiary/aromatic N) is 1. The van der Waals surface area contributed by atoms with Crippen LogP contribution in [0.15, 0.2) is 18.2 Å². The molecule has 0 heterocycles. The second kappa shape index (κ2) is 4.28. The van der Waals surface area contributed by atoms with Crippen LogP contribution in [0.25, 0.3) is 0 Å². The molecule has 0 unspecified atom stereocenters. The summed E-state index contributed by atoms with van der Waals surface area (Å²) in [6.45, 7) is 1.57. The van der Waals surface area contributed by atoms with Crippen molar-refractivity contribution in [2.24, 2.45) is 0 Å². The van der Waals surface area contributed by atoms with Gasteiger partial charge in [-0.2, -0.15) is 5.26 Å². The van der Waals surface area contributed by atoms with Crippen LogP contribution >= 0.6 is 0 Å². The van der Waals surface area contributed by atoms with E-state index < -0.39 is 21.6 Å². The van der Waals surface area contributed by atoms with E-state index in [1.165, 1.54) is 18.2 Å². The summed E-state index contributed by atoms with van der Waals surface area (Å²) in [4.78, 5) is 0. The van der Waals surface area contributed by atoms with Crippen molar-refractivity contribution in [3.63, 3.8) is 0 Å². The Morgan fingerprint density at radius 3 is 2.73 bits per heavy atom. The van der Waals surface area contributed by atoms with E-state index in [1.54, 1.807) is 6.92 Å². The van der Waals surface area contributed by atoms with Crippen molar-refractivity contribution in [3.05, 3.63) is 29.6 Å². The predicted molar refractivity (Wildman–Crippen MR) is 54.2 cm³/mol. The van der Waals surface area contributed by atoms with Gasteiger partial charge in [0.05, 0.1) is 11.8 Å². The van der Waals surface area contributed by atoms with E-state index in [-0.39, 0.29) is 5.69 Å². The average Bonchev–Trinajstić information content (AvgIpc) is 2.10. The minimum Gasteiger partial charge on any atom is -0.283 e. The minimum atomic E-state index is -3.69. The maximum atomic E-state index is 13.0. The zero-order valence-electron chi connectivity index (χ0n) is 7.99. The summed E-state index contributed by atoms with van der Waals surface area (Å²) in [5, 5.41) is 8.24. The molecule has 0 aromatic heterocycles. The first-order valence-corrected chi connectivity index (χ1v) is 5.73. The van der Waals surface area contributed by atoms with E-state index >= 15 is 0 Å². The zero-order valence-corrected chi connectivity index (χ0v) is 8.81. The number of halogens is 1. The lowest BCUT2D eigenvalue weighted by Gasteiger charge is -2.05. The lowest BCUT2D eigenvalue weighted by molar-refractivity contribution is 0.604. The molecule has 15 heavy (non-hydrogen) atoms. The van der Waals surface area contributed by atoms with Gasteiger partial charge >= 0.3 is 0 Å². The number of hydrogen-bond donors (Lipinski definition) is 1. The zero-order chi connectivity index (χ0) is 11.5. The van der Waals surface area contributed by atoms with Gasteiger partial charge in [0.1, 0.15) is 5.82 Å². The highest BCUT2D eigenvalue weighted by Crippen LogP contribution is 2.14. The first-order valence-electron chi connectivity index (χ1n) is 4.08. The van der Waals surface area contributed by atoms with Gasteiger partial charge in [0.25, 0.3) is 0 Å². The van der Waals surface area contributed by atoms with E-state index in [4.69, 9.17) is 5.26 Å². The summed E-state index contributed by atoms with van der Waals surface area (Å²) >= 11 is 0. The van der Waals surface area contributed by atoms with Crippen molar-refractivity contribution in [1.82, 2.24) is 0 Å². The van der Waals surface area contributed by atoms with Gasteiger partial charge in [-0.05, 0) is 24.6 Å².